The van der Waals surface area contributed by atoms with E-state index in [2.05, 4.69) is 0 Å². The predicted octanol–water partition coefficient (Wildman–Crippen LogP) is 4.13. The Hall–Kier alpha value is -3.16. The van der Waals surface area contributed by atoms with Crippen LogP contribution in [0.15, 0.2) is 54.6 Å². The van der Waals surface area contributed by atoms with Gasteiger partial charge in [0.1, 0.15) is 0 Å². The molecule has 1 amide bonds. The van der Waals surface area contributed by atoms with E-state index in [0.717, 1.165) is 4.90 Å². The van der Waals surface area contributed by atoms with Gasteiger partial charge in [0.05, 0.1) is 16.2 Å². The van der Waals surface area contributed by atoms with Crippen molar-refractivity contribution < 1.29 is 22.9 Å². The van der Waals surface area contributed by atoms with Crippen LogP contribution < -0.4 is 4.90 Å². The molecule has 0 saturated heterocycles. The Morgan fingerprint density at radius 3 is 2.46 bits per heavy atom. The molecule has 8 heteroatoms. The minimum absolute atomic E-state index is 0.119. The van der Waals surface area contributed by atoms with Gasteiger partial charge in [-0.15, -0.1) is 0 Å². The van der Waals surface area contributed by atoms with Gasteiger partial charge < -0.3 is 4.90 Å². The van der Waals surface area contributed by atoms with Gasteiger partial charge in [0, 0.05) is 24.8 Å². The minimum Gasteiger partial charge on any atom is -0.308 e. The van der Waals surface area contributed by atoms with Gasteiger partial charge in [-0.1, -0.05) is 36.4 Å². The van der Waals surface area contributed by atoms with Crippen molar-refractivity contribution in [1.82, 2.24) is 0 Å². The number of carbonyl (C=O) groups excluding carboxylic acids is 1. The molecular formula is C18H13F3N2O3. The van der Waals surface area contributed by atoms with Crippen LogP contribution in [-0.2, 0) is 11.2 Å². The first-order valence-corrected chi connectivity index (χ1v) is 7.70. The van der Waals surface area contributed by atoms with Crippen LogP contribution in [0.3, 0.4) is 0 Å². The van der Waals surface area contributed by atoms with E-state index in [1.165, 1.54) is 42.5 Å². The van der Waals surface area contributed by atoms with Crippen molar-refractivity contribution in [3.63, 3.8) is 0 Å². The number of fused-ring (bicyclic) bond motifs is 1. The van der Waals surface area contributed by atoms with E-state index in [9.17, 15) is 28.1 Å². The molecule has 5 nitrogen and oxygen atoms in total. The molecule has 134 valence electrons. The first-order valence-electron chi connectivity index (χ1n) is 7.70. The molecule has 0 saturated carbocycles. The van der Waals surface area contributed by atoms with Crippen LogP contribution in [0.5, 0.6) is 0 Å². The lowest BCUT2D eigenvalue weighted by atomic mass is 10.0. The van der Waals surface area contributed by atoms with Gasteiger partial charge in [-0.25, -0.2) is 0 Å². The molecule has 0 atom stereocenters. The molecule has 0 N–H and O–H groups in total. The molecule has 26 heavy (non-hydrogen) atoms. The van der Waals surface area contributed by atoms with Crippen molar-refractivity contribution in [3.05, 3.63) is 75.8 Å². The maximum Gasteiger partial charge on any atom is 0.417 e. The van der Waals surface area contributed by atoms with Crippen LogP contribution in [0.25, 0.3) is 5.57 Å². The molecule has 3 rings (SSSR count). The van der Waals surface area contributed by atoms with E-state index >= 15 is 0 Å². The summed E-state index contributed by atoms with van der Waals surface area (Å²) in [6.07, 6.45) is -3.73. The highest BCUT2D eigenvalue weighted by atomic mass is 19.4. The van der Waals surface area contributed by atoms with Gasteiger partial charge in [-0.2, -0.15) is 13.2 Å². The number of non-ortho nitro benzene ring substituents is 1. The molecule has 0 aliphatic carbocycles. The van der Waals surface area contributed by atoms with Crippen molar-refractivity contribution in [2.75, 3.05) is 11.4 Å². The lowest BCUT2D eigenvalue weighted by Crippen LogP contribution is -2.28. The SMILES string of the molecule is O=C(/C=C(/c1ccccc1)C(F)(F)F)N1CCc2ccc([N+](=O)[O-])cc21. The summed E-state index contributed by atoms with van der Waals surface area (Å²) in [6, 6.07) is 11.1. The highest BCUT2D eigenvalue weighted by Gasteiger charge is 2.36. The number of halogens is 3. The Bertz CT molecular complexity index is 892. The summed E-state index contributed by atoms with van der Waals surface area (Å²) >= 11 is 0. The second kappa shape index (κ2) is 6.62. The zero-order chi connectivity index (χ0) is 18.9. The van der Waals surface area contributed by atoms with Gasteiger partial charge in [-0.05, 0) is 17.5 Å². The monoisotopic (exact) mass is 362 g/mol. The van der Waals surface area contributed by atoms with E-state index in [4.69, 9.17) is 0 Å². The molecular weight excluding hydrogens is 349 g/mol. The number of amides is 1. The average Bonchev–Trinajstić information content (AvgIpc) is 3.02. The lowest BCUT2D eigenvalue weighted by molar-refractivity contribution is -0.384. The number of nitro benzene ring substituents is 1. The summed E-state index contributed by atoms with van der Waals surface area (Å²) in [6.45, 7) is 0.172. The number of alkyl halides is 3. The number of hydrogen-bond acceptors (Lipinski definition) is 3. The summed E-state index contributed by atoms with van der Waals surface area (Å²) in [5.74, 6) is -0.861. The Morgan fingerprint density at radius 2 is 1.85 bits per heavy atom. The maximum absolute atomic E-state index is 13.4. The molecule has 0 unspecified atom stereocenters. The molecule has 1 aliphatic rings. The van der Waals surface area contributed by atoms with Crippen LogP contribution >= 0.6 is 0 Å². The van der Waals surface area contributed by atoms with Crippen LogP contribution in [0, 0.1) is 10.1 Å². The summed E-state index contributed by atoms with van der Waals surface area (Å²) in [5.41, 5.74) is -0.430. The van der Waals surface area contributed by atoms with E-state index < -0.39 is 22.6 Å². The zero-order valence-electron chi connectivity index (χ0n) is 13.4. The molecule has 2 aromatic carbocycles. The summed E-state index contributed by atoms with van der Waals surface area (Å²) in [7, 11) is 0. The van der Waals surface area contributed by atoms with Crippen LogP contribution in [0.2, 0.25) is 0 Å². The Balaban J connectivity index is 1.99. The fourth-order valence-corrected chi connectivity index (χ4v) is 2.86. The van der Waals surface area contributed by atoms with Crippen molar-refractivity contribution in [3.8, 4) is 0 Å². The first kappa shape index (κ1) is 17.7. The molecule has 0 spiro atoms. The number of rotatable bonds is 3. The molecule has 1 aliphatic heterocycles. The van der Waals surface area contributed by atoms with Gasteiger partial charge >= 0.3 is 6.18 Å². The van der Waals surface area contributed by atoms with Crippen molar-refractivity contribution in [2.24, 2.45) is 0 Å². The maximum atomic E-state index is 13.4. The highest BCUT2D eigenvalue weighted by molar-refractivity contribution is 6.07. The van der Waals surface area contributed by atoms with E-state index in [1.807, 2.05) is 0 Å². The second-order valence-corrected chi connectivity index (χ2v) is 5.73. The standard InChI is InChI=1S/C18H13F3N2O3/c19-18(20,21)15(12-4-2-1-3-5-12)11-17(24)22-9-8-13-6-7-14(23(25)26)10-16(13)22/h1-7,10-11H,8-9H2/b15-11-. The lowest BCUT2D eigenvalue weighted by Gasteiger charge is -2.17. The normalized spacial score (nSPS) is 14.3. The zero-order valence-corrected chi connectivity index (χ0v) is 13.4. The molecule has 0 fully saturated rings. The summed E-state index contributed by atoms with van der Waals surface area (Å²) in [4.78, 5) is 23.9. The Labute approximate surface area is 146 Å². The number of anilines is 1. The molecule has 0 aromatic heterocycles. The van der Waals surface area contributed by atoms with Gasteiger partial charge in [-0.3, -0.25) is 14.9 Å². The number of nitro groups is 1. The largest absolute Gasteiger partial charge is 0.417 e. The number of nitrogens with zero attached hydrogens (tertiary/aromatic N) is 2. The number of benzene rings is 2. The van der Waals surface area contributed by atoms with E-state index in [-0.39, 0.29) is 23.5 Å². The van der Waals surface area contributed by atoms with E-state index in [1.54, 1.807) is 6.07 Å². The molecule has 0 bridgehead atoms. The molecule has 1 heterocycles. The molecule has 2 aromatic rings. The fraction of sp³-hybridized carbons (Fsp3) is 0.167. The smallest absolute Gasteiger partial charge is 0.308 e. The predicted molar refractivity (Wildman–Crippen MR) is 89.6 cm³/mol. The van der Waals surface area contributed by atoms with E-state index in [0.29, 0.717) is 18.1 Å². The molecule has 0 radical (unpaired) electrons. The Morgan fingerprint density at radius 1 is 1.15 bits per heavy atom. The van der Waals surface area contributed by atoms with Crippen molar-refractivity contribution in [2.45, 2.75) is 12.6 Å². The van der Waals surface area contributed by atoms with Crippen molar-refractivity contribution >= 4 is 22.9 Å². The average molecular weight is 362 g/mol. The van der Waals surface area contributed by atoms with Gasteiger partial charge in [0.25, 0.3) is 11.6 Å². The third-order valence-electron chi connectivity index (χ3n) is 4.10. The second-order valence-electron chi connectivity index (χ2n) is 5.73. The third kappa shape index (κ3) is 3.44. The van der Waals surface area contributed by atoms with Crippen LogP contribution in [0.1, 0.15) is 11.1 Å². The highest BCUT2D eigenvalue weighted by Crippen LogP contribution is 2.36. The Kier molecular flexibility index (Phi) is 4.50. The minimum atomic E-state index is -4.71. The van der Waals surface area contributed by atoms with Crippen LogP contribution in [-0.4, -0.2) is 23.6 Å². The van der Waals surface area contributed by atoms with Gasteiger partial charge in [0.2, 0.25) is 0 Å². The summed E-state index contributed by atoms with van der Waals surface area (Å²) in [5, 5.41) is 10.9. The van der Waals surface area contributed by atoms with Crippen LogP contribution in [0.4, 0.5) is 24.5 Å². The summed E-state index contributed by atoms with van der Waals surface area (Å²) < 4.78 is 40.2. The van der Waals surface area contributed by atoms with Crippen molar-refractivity contribution in [1.29, 1.82) is 0 Å². The number of hydrogen-bond donors (Lipinski definition) is 0. The number of carbonyl (C=O) groups is 1. The first-order chi connectivity index (χ1) is 12.3. The topological polar surface area (TPSA) is 63.5 Å². The number of allylic oxidation sites excluding steroid dienone is 1. The van der Waals surface area contributed by atoms with Gasteiger partial charge in [0.15, 0.2) is 0 Å². The third-order valence-corrected chi connectivity index (χ3v) is 4.10. The quantitative estimate of drug-likeness (QED) is 0.469. The fourth-order valence-electron chi connectivity index (χ4n) is 2.86.